The van der Waals surface area contributed by atoms with E-state index in [-0.39, 0.29) is 16.7 Å². The van der Waals surface area contributed by atoms with Crippen molar-refractivity contribution in [1.29, 1.82) is 0 Å². The molecule has 0 fully saturated rings. The number of benzene rings is 2. The average Bonchev–Trinajstić information content (AvgIpc) is 2.66. The van der Waals surface area contributed by atoms with Crippen LogP contribution >= 0.6 is 27.5 Å². The predicted molar refractivity (Wildman–Crippen MR) is 78.1 cm³/mol. The van der Waals surface area contributed by atoms with Crippen LogP contribution < -0.4 is 5.73 Å². The van der Waals surface area contributed by atoms with Crippen molar-refractivity contribution in [3.8, 4) is 5.69 Å². The van der Waals surface area contributed by atoms with Crippen LogP contribution in [0.2, 0.25) is 5.02 Å². The molecule has 102 valence electrons. The van der Waals surface area contributed by atoms with E-state index in [9.17, 15) is 8.78 Å². The molecule has 0 saturated carbocycles. The van der Waals surface area contributed by atoms with Crippen molar-refractivity contribution in [2.24, 2.45) is 0 Å². The number of fused-ring (bicyclic) bond motifs is 1. The Morgan fingerprint density at radius 2 is 1.90 bits per heavy atom. The SMILES string of the molecule is Nc1nc2cc(F)c(Cl)cc2n1-c1ccc(Br)cc1F. The van der Waals surface area contributed by atoms with Crippen molar-refractivity contribution in [2.45, 2.75) is 0 Å². The second-order valence-corrected chi connectivity index (χ2v) is 5.48. The minimum absolute atomic E-state index is 0.0582. The Balaban J connectivity index is 2.35. The Hall–Kier alpha value is -1.66. The van der Waals surface area contributed by atoms with Gasteiger partial charge in [-0.05, 0) is 24.3 Å². The summed E-state index contributed by atoms with van der Waals surface area (Å²) in [6, 6.07) is 7.08. The molecule has 3 nitrogen and oxygen atoms in total. The Morgan fingerprint density at radius 1 is 1.15 bits per heavy atom. The molecule has 0 unspecified atom stereocenters. The highest BCUT2D eigenvalue weighted by Crippen LogP contribution is 2.29. The monoisotopic (exact) mass is 357 g/mol. The number of halogens is 4. The van der Waals surface area contributed by atoms with Gasteiger partial charge in [0.05, 0.1) is 21.7 Å². The van der Waals surface area contributed by atoms with Gasteiger partial charge >= 0.3 is 0 Å². The lowest BCUT2D eigenvalue weighted by Crippen LogP contribution is -2.03. The number of anilines is 1. The van der Waals surface area contributed by atoms with Crippen LogP contribution in [0.1, 0.15) is 0 Å². The average molecular weight is 359 g/mol. The lowest BCUT2D eigenvalue weighted by Gasteiger charge is -2.08. The molecular weight excluding hydrogens is 352 g/mol. The molecule has 0 aliphatic heterocycles. The molecule has 0 amide bonds. The van der Waals surface area contributed by atoms with Gasteiger partial charge in [0, 0.05) is 10.5 Å². The predicted octanol–water partition coefficient (Wildman–Crippen LogP) is 4.30. The van der Waals surface area contributed by atoms with E-state index in [2.05, 4.69) is 20.9 Å². The molecule has 0 spiro atoms. The highest BCUT2D eigenvalue weighted by Gasteiger charge is 2.15. The maximum Gasteiger partial charge on any atom is 0.206 e. The molecule has 0 radical (unpaired) electrons. The van der Waals surface area contributed by atoms with Gasteiger partial charge in [-0.2, -0.15) is 0 Å². The van der Waals surface area contributed by atoms with E-state index in [1.807, 2.05) is 0 Å². The number of hydrogen-bond donors (Lipinski definition) is 1. The first-order chi connectivity index (χ1) is 9.47. The molecule has 0 aliphatic carbocycles. The number of nitrogens with two attached hydrogens (primary N) is 1. The minimum Gasteiger partial charge on any atom is -0.369 e. The van der Waals surface area contributed by atoms with Gasteiger partial charge < -0.3 is 5.73 Å². The van der Waals surface area contributed by atoms with Crippen LogP contribution in [0, 0.1) is 11.6 Å². The second kappa shape index (κ2) is 4.71. The maximum atomic E-state index is 14.1. The molecule has 7 heteroatoms. The van der Waals surface area contributed by atoms with E-state index in [1.54, 1.807) is 12.1 Å². The lowest BCUT2D eigenvalue weighted by molar-refractivity contribution is 0.619. The van der Waals surface area contributed by atoms with E-state index in [0.717, 1.165) is 0 Å². The fourth-order valence-electron chi connectivity index (χ4n) is 2.01. The van der Waals surface area contributed by atoms with Crippen LogP contribution in [-0.4, -0.2) is 9.55 Å². The summed E-state index contributed by atoms with van der Waals surface area (Å²) in [5.41, 5.74) is 6.77. The molecule has 2 aromatic carbocycles. The third kappa shape index (κ3) is 2.05. The highest BCUT2D eigenvalue weighted by atomic mass is 79.9. The third-order valence-electron chi connectivity index (χ3n) is 2.87. The zero-order chi connectivity index (χ0) is 14.4. The first-order valence-electron chi connectivity index (χ1n) is 5.56. The Morgan fingerprint density at radius 3 is 2.60 bits per heavy atom. The van der Waals surface area contributed by atoms with Crippen molar-refractivity contribution in [2.75, 3.05) is 5.73 Å². The number of hydrogen-bond acceptors (Lipinski definition) is 2. The summed E-state index contributed by atoms with van der Waals surface area (Å²) in [5, 5.41) is -0.0730. The van der Waals surface area contributed by atoms with Crippen molar-refractivity contribution in [3.05, 3.63) is 51.5 Å². The number of rotatable bonds is 1. The summed E-state index contributed by atoms with van der Waals surface area (Å²) in [4.78, 5) is 4.02. The van der Waals surface area contributed by atoms with Crippen LogP contribution in [0.15, 0.2) is 34.8 Å². The van der Waals surface area contributed by atoms with E-state index < -0.39 is 11.6 Å². The summed E-state index contributed by atoms with van der Waals surface area (Å²) >= 11 is 8.95. The fraction of sp³-hybridized carbons (Fsp3) is 0. The van der Waals surface area contributed by atoms with Crippen molar-refractivity contribution < 1.29 is 8.78 Å². The largest absolute Gasteiger partial charge is 0.369 e. The maximum absolute atomic E-state index is 14.1. The van der Waals surface area contributed by atoms with Crippen LogP contribution in [-0.2, 0) is 0 Å². The quantitative estimate of drug-likeness (QED) is 0.705. The number of nitrogen functional groups attached to an aromatic ring is 1. The molecule has 0 bridgehead atoms. The van der Waals surface area contributed by atoms with E-state index in [4.69, 9.17) is 17.3 Å². The van der Waals surface area contributed by atoms with Crippen LogP contribution in [0.4, 0.5) is 14.7 Å². The van der Waals surface area contributed by atoms with Gasteiger partial charge in [0.2, 0.25) is 5.95 Å². The van der Waals surface area contributed by atoms with Gasteiger partial charge in [0.15, 0.2) is 0 Å². The first kappa shape index (κ1) is 13.3. The van der Waals surface area contributed by atoms with E-state index >= 15 is 0 Å². The molecule has 0 atom stereocenters. The van der Waals surface area contributed by atoms with Gasteiger partial charge in [-0.25, -0.2) is 13.8 Å². The zero-order valence-electron chi connectivity index (χ0n) is 9.87. The second-order valence-electron chi connectivity index (χ2n) is 4.16. The molecule has 3 aromatic rings. The van der Waals surface area contributed by atoms with Gasteiger partial charge in [-0.3, -0.25) is 4.57 Å². The zero-order valence-corrected chi connectivity index (χ0v) is 12.2. The van der Waals surface area contributed by atoms with E-state index in [0.29, 0.717) is 15.5 Å². The number of imidazole rings is 1. The smallest absolute Gasteiger partial charge is 0.206 e. The molecule has 1 heterocycles. The standard InChI is InChI=1S/C13H7BrClF2N3/c14-6-1-2-11(9(17)3-6)20-12-4-7(15)8(16)5-10(12)19-13(20)18/h1-5H,(H2,18,19). The normalized spacial score (nSPS) is 11.2. The van der Waals surface area contributed by atoms with Crippen molar-refractivity contribution in [3.63, 3.8) is 0 Å². The fourth-order valence-corrected chi connectivity index (χ4v) is 2.50. The van der Waals surface area contributed by atoms with Gasteiger partial charge in [0.25, 0.3) is 0 Å². The molecule has 0 saturated heterocycles. The number of nitrogens with zero attached hydrogens (tertiary/aromatic N) is 2. The van der Waals surface area contributed by atoms with Crippen molar-refractivity contribution in [1.82, 2.24) is 9.55 Å². The molecular formula is C13H7BrClF2N3. The van der Waals surface area contributed by atoms with Gasteiger partial charge in [0.1, 0.15) is 11.6 Å². The molecule has 1 aromatic heterocycles. The first-order valence-corrected chi connectivity index (χ1v) is 6.73. The number of aromatic nitrogens is 2. The summed E-state index contributed by atoms with van der Waals surface area (Å²) in [6.07, 6.45) is 0. The molecule has 0 aliphatic rings. The Labute approximate surface area is 126 Å². The third-order valence-corrected chi connectivity index (χ3v) is 3.66. The Bertz CT molecular complexity index is 832. The molecule has 3 rings (SSSR count). The van der Waals surface area contributed by atoms with Crippen LogP contribution in [0.5, 0.6) is 0 Å². The Kier molecular flexibility index (Phi) is 3.14. The summed E-state index contributed by atoms with van der Waals surface area (Å²) in [7, 11) is 0. The van der Waals surface area contributed by atoms with Gasteiger partial charge in [-0.1, -0.05) is 27.5 Å². The molecule has 2 N–H and O–H groups in total. The summed E-state index contributed by atoms with van der Waals surface area (Å²) in [6.45, 7) is 0. The summed E-state index contributed by atoms with van der Waals surface area (Å²) in [5.74, 6) is -1.02. The molecule has 20 heavy (non-hydrogen) atoms. The topological polar surface area (TPSA) is 43.8 Å². The van der Waals surface area contributed by atoms with E-state index in [1.165, 1.54) is 22.8 Å². The van der Waals surface area contributed by atoms with Crippen LogP contribution in [0.25, 0.3) is 16.7 Å². The minimum atomic E-state index is -0.597. The van der Waals surface area contributed by atoms with Crippen LogP contribution in [0.3, 0.4) is 0 Å². The highest BCUT2D eigenvalue weighted by molar-refractivity contribution is 9.10. The summed E-state index contributed by atoms with van der Waals surface area (Å²) < 4.78 is 29.5. The van der Waals surface area contributed by atoms with Crippen molar-refractivity contribution >= 4 is 44.5 Å². The van der Waals surface area contributed by atoms with Gasteiger partial charge in [-0.15, -0.1) is 0 Å². The lowest BCUT2D eigenvalue weighted by atomic mass is 10.2.